The van der Waals surface area contributed by atoms with E-state index in [1.807, 2.05) is 0 Å². The molecule has 0 atom stereocenters. The van der Waals surface area contributed by atoms with Gasteiger partial charge in [0.15, 0.2) is 5.76 Å². The molecule has 11 heteroatoms. The molecule has 0 saturated carbocycles. The van der Waals surface area contributed by atoms with E-state index in [1.54, 1.807) is 6.07 Å². The molecule has 0 bridgehead atoms. The number of nitrogens with zero attached hydrogens (tertiary/aromatic N) is 1. The van der Waals surface area contributed by atoms with Gasteiger partial charge in [-0.3, -0.25) is 24.5 Å². The maximum absolute atomic E-state index is 12.4. The summed E-state index contributed by atoms with van der Waals surface area (Å²) < 4.78 is 4.97. The van der Waals surface area contributed by atoms with Crippen molar-refractivity contribution in [3.8, 4) is 0 Å². The van der Waals surface area contributed by atoms with Crippen LogP contribution in [0.4, 0.5) is 11.4 Å². The second-order valence-corrected chi connectivity index (χ2v) is 6.85. The summed E-state index contributed by atoms with van der Waals surface area (Å²) in [5.74, 6) is -1.19. The molecule has 0 aliphatic rings. The summed E-state index contributed by atoms with van der Waals surface area (Å²) in [6.07, 6.45) is 1.39. The van der Waals surface area contributed by atoms with Gasteiger partial charge in [0.05, 0.1) is 21.8 Å². The first-order valence-corrected chi connectivity index (χ1v) is 9.68. The third kappa shape index (κ3) is 5.70. The van der Waals surface area contributed by atoms with Crippen LogP contribution < -0.4 is 16.0 Å². The number of rotatable bonds is 8. The number of benzene rings is 2. The molecule has 3 aromatic rings. The van der Waals surface area contributed by atoms with E-state index >= 15 is 0 Å². The topological polar surface area (TPSA) is 144 Å². The number of non-ortho nitro benzene ring substituents is 1. The molecule has 0 aliphatic carbocycles. The Bertz CT molecular complexity index is 1150. The second-order valence-electron chi connectivity index (χ2n) is 6.44. The molecule has 0 aliphatic heterocycles. The Morgan fingerprint density at radius 1 is 0.938 bits per heavy atom. The normalized spacial score (nSPS) is 10.3. The lowest BCUT2D eigenvalue weighted by molar-refractivity contribution is -0.384. The van der Waals surface area contributed by atoms with E-state index in [0.29, 0.717) is 11.3 Å². The molecule has 3 N–H and O–H groups in total. The van der Waals surface area contributed by atoms with Crippen molar-refractivity contribution in [1.29, 1.82) is 0 Å². The Hall–Kier alpha value is -4.18. The van der Waals surface area contributed by atoms with Gasteiger partial charge in [-0.2, -0.15) is 0 Å². The fourth-order valence-corrected chi connectivity index (χ4v) is 2.86. The van der Waals surface area contributed by atoms with Crippen molar-refractivity contribution in [2.45, 2.75) is 0 Å². The number of halogens is 1. The van der Waals surface area contributed by atoms with Crippen molar-refractivity contribution in [2.24, 2.45) is 0 Å². The molecular formula is C21H17ClN4O6. The van der Waals surface area contributed by atoms with Crippen LogP contribution in [0.15, 0.2) is 65.3 Å². The molecule has 0 saturated heterocycles. The van der Waals surface area contributed by atoms with Crippen LogP contribution in [0.2, 0.25) is 5.02 Å². The number of hydrogen-bond acceptors (Lipinski definition) is 6. The summed E-state index contributed by atoms with van der Waals surface area (Å²) in [7, 11) is 0. The van der Waals surface area contributed by atoms with Crippen LogP contribution >= 0.6 is 11.6 Å². The van der Waals surface area contributed by atoms with Crippen LogP contribution in [-0.4, -0.2) is 35.7 Å². The average Bonchev–Trinajstić information content (AvgIpc) is 3.32. The summed E-state index contributed by atoms with van der Waals surface area (Å²) in [5.41, 5.74) is 0.416. The van der Waals surface area contributed by atoms with E-state index in [0.717, 1.165) is 6.07 Å². The molecular weight excluding hydrogens is 440 g/mol. The van der Waals surface area contributed by atoms with Crippen molar-refractivity contribution in [1.82, 2.24) is 10.6 Å². The highest BCUT2D eigenvalue weighted by Gasteiger charge is 2.16. The first-order valence-electron chi connectivity index (χ1n) is 9.30. The van der Waals surface area contributed by atoms with E-state index in [-0.39, 0.29) is 46.9 Å². The van der Waals surface area contributed by atoms with Gasteiger partial charge in [0.25, 0.3) is 23.4 Å². The minimum absolute atomic E-state index is 0.0423. The van der Waals surface area contributed by atoms with E-state index in [4.69, 9.17) is 16.0 Å². The number of amides is 3. The molecule has 1 aromatic heterocycles. The zero-order valence-corrected chi connectivity index (χ0v) is 17.2. The SMILES string of the molecule is O=C(NCCNC(=O)c1ccco1)c1ccc(NC(=O)c2cc([N+](=O)[O-])ccc2Cl)cc1. The highest BCUT2D eigenvalue weighted by Crippen LogP contribution is 2.23. The number of nitro groups is 1. The zero-order chi connectivity index (χ0) is 23.1. The van der Waals surface area contributed by atoms with Crippen molar-refractivity contribution in [3.05, 3.63) is 92.9 Å². The zero-order valence-electron chi connectivity index (χ0n) is 16.5. The van der Waals surface area contributed by atoms with Crippen molar-refractivity contribution in [2.75, 3.05) is 18.4 Å². The van der Waals surface area contributed by atoms with Crippen LogP contribution in [0.5, 0.6) is 0 Å². The third-order valence-electron chi connectivity index (χ3n) is 4.25. The van der Waals surface area contributed by atoms with Gasteiger partial charge in [0, 0.05) is 36.5 Å². The lowest BCUT2D eigenvalue weighted by Crippen LogP contribution is -2.34. The molecule has 10 nitrogen and oxygen atoms in total. The molecule has 3 rings (SSSR count). The molecule has 3 amide bonds. The van der Waals surface area contributed by atoms with E-state index in [2.05, 4.69) is 16.0 Å². The predicted molar refractivity (Wildman–Crippen MR) is 116 cm³/mol. The molecule has 0 fully saturated rings. The van der Waals surface area contributed by atoms with Gasteiger partial charge in [-0.1, -0.05) is 11.6 Å². The van der Waals surface area contributed by atoms with Crippen molar-refractivity contribution in [3.63, 3.8) is 0 Å². The van der Waals surface area contributed by atoms with Crippen LogP contribution in [0.3, 0.4) is 0 Å². The molecule has 0 radical (unpaired) electrons. The highest BCUT2D eigenvalue weighted by atomic mass is 35.5. The Kier molecular flexibility index (Phi) is 7.19. The fraction of sp³-hybridized carbons (Fsp3) is 0.0952. The average molecular weight is 457 g/mol. The Morgan fingerprint density at radius 2 is 1.62 bits per heavy atom. The largest absolute Gasteiger partial charge is 0.459 e. The number of furan rings is 1. The van der Waals surface area contributed by atoms with Gasteiger partial charge < -0.3 is 20.4 Å². The maximum atomic E-state index is 12.4. The lowest BCUT2D eigenvalue weighted by Gasteiger charge is -2.09. The van der Waals surface area contributed by atoms with Gasteiger partial charge in [-0.15, -0.1) is 0 Å². The summed E-state index contributed by atoms with van der Waals surface area (Å²) in [5, 5.41) is 18.8. The Labute approximate surface area is 186 Å². The molecule has 0 spiro atoms. The van der Waals surface area contributed by atoms with Gasteiger partial charge in [-0.05, 0) is 42.5 Å². The first kappa shape index (κ1) is 22.5. The monoisotopic (exact) mass is 456 g/mol. The smallest absolute Gasteiger partial charge is 0.287 e. The minimum Gasteiger partial charge on any atom is -0.459 e. The number of hydrogen-bond donors (Lipinski definition) is 3. The van der Waals surface area contributed by atoms with Crippen molar-refractivity contribution < 1.29 is 23.7 Å². The van der Waals surface area contributed by atoms with E-state index in [1.165, 1.54) is 48.7 Å². The molecule has 164 valence electrons. The van der Waals surface area contributed by atoms with Crippen LogP contribution in [0.25, 0.3) is 0 Å². The van der Waals surface area contributed by atoms with E-state index < -0.39 is 10.8 Å². The summed E-state index contributed by atoms with van der Waals surface area (Å²) in [6, 6.07) is 12.7. The lowest BCUT2D eigenvalue weighted by atomic mass is 10.1. The molecule has 0 unspecified atom stereocenters. The highest BCUT2D eigenvalue weighted by molar-refractivity contribution is 6.34. The number of anilines is 1. The molecule has 32 heavy (non-hydrogen) atoms. The maximum Gasteiger partial charge on any atom is 0.287 e. The summed E-state index contributed by atoms with van der Waals surface area (Å²) in [4.78, 5) is 46.6. The Morgan fingerprint density at radius 3 is 2.25 bits per heavy atom. The summed E-state index contributed by atoms with van der Waals surface area (Å²) >= 11 is 5.97. The standard InChI is InChI=1S/C21H17ClN4O6/c22-17-8-7-15(26(30)31)12-16(17)20(28)25-14-5-3-13(4-6-14)19(27)23-9-10-24-21(29)18-2-1-11-32-18/h1-8,11-12H,9-10H2,(H,23,27)(H,24,29)(H,25,28). The Balaban J connectivity index is 1.51. The number of carbonyl (C=O) groups is 3. The minimum atomic E-state index is -0.622. The number of nitro benzene ring substituents is 1. The molecule has 2 aromatic carbocycles. The fourth-order valence-electron chi connectivity index (χ4n) is 2.65. The van der Waals surface area contributed by atoms with Crippen LogP contribution in [-0.2, 0) is 0 Å². The predicted octanol–water partition coefficient (Wildman–Crippen LogP) is 3.25. The number of carbonyl (C=O) groups excluding carboxylic acids is 3. The van der Waals surface area contributed by atoms with Crippen LogP contribution in [0.1, 0.15) is 31.3 Å². The summed E-state index contributed by atoms with van der Waals surface area (Å²) in [6.45, 7) is 0.415. The van der Waals surface area contributed by atoms with Gasteiger partial charge in [0.1, 0.15) is 0 Å². The van der Waals surface area contributed by atoms with Gasteiger partial charge in [0.2, 0.25) is 0 Å². The van der Waals surface area contributed by atoms with Crippen molar-refractivity contribution >= 4 is 40.7 Å². The first-order chi connectivity index (χ1) is 15.3. The third-order valence-corrected chi connectivity index (χ3v) is 4.58. The van der Waals surface area contributed by atoms with Gasteiger partial charge >= 0.3 is 0 Å². The second kappa shape index (κ2) is 10.2. The van der Waals surface area contributed by atoms with Crippen LogP contribution in [0, 0.1) is 10.1 Å². The number of nitrogens with one attached hydrogen (secondary N) is 3. The van der Waals surface area contributed by atoms with Gasteiger partial charge in [-0.25, -0.2) is 0 Å². The molecule has 1 heterocycles. The quantitative estimate of drug-likeness (QED) is 0.269. The van der Waals surface area contributed by atoms with E-state index in [9.17, 15) is 24.5 Å².